The van der Waals surface area contributed by atoms with E-state index in [0.29, 0.717) is 25.7 Å². The van der Waals surface area contributed by atoms with E-state index in [9.17, 15) is 5.11 Å². The summed E-state index contributed by atoms with van der Waals surface area (Å²) in [4.78, 5) is 2.27. The number of aliphatic hydroxyl groups excluding tert-OH is 1. The molecule has 2 rings (SSSR count). The molecule has 1 aliphatic rings. The van der Waals surface area contributed by atoms with Crippen LogP contribution in [-0.2, 0) is 11.3 Å². The van der Waals surface area contributed by atoms with E-state index >= 15 is 0 Å². The second-order valence-electron chi connectivity index (χ2n) is 5.30. The molecule has 2 atom stereocenters. The molecule has 0 saturated carbocycles. The van der Waals surface area contributed by atoms with Crippen molar-refractivity contribution in [3.8, 4) is 0 Å². The van der Waals surface area contributed by atoms with E-state index in [1.807, 2.05) is 30.3 Å². The van der Waals surface area contributed by atoms with Crippen molar-refractivity contribution in [3.05, 3.63) is 35.9 Å². The second kappa shape index (κ2) is 7.60. The van der Waals surface area contributed by atoms with Crippen LogP contribution in [0.2, 0.25) is 0 Å². The molecule has 1 aliphatic heterocycles. The van der Waals surface area contributed by atoms with Gasteiger partial charge in [0.15, 0.2) is 0 Å². The zero-order chi connectivity index (χ0) is 13.5. The summed E-state index contributed by atoms with van der Waals surface area (Å²) in [5, 5.41) is 9.95. The topological polar surface area (TPSA) is 58.7 Å². The van der Waals surface area contributed by atoms with Crippen LogP contribution in [0.15, 0.2) is 30.3 Å². The summed E-state index contributed by atoms with van der Waals surface area (Å²) < 4.78 is 5.54. The van der Waals surface area contributed by atoms with E-state index in [1.165, 1.54) is 0 Å². The standard InChI is InChI=1S/C15H24N2O2/c16-8-14-6-7-17(9-14)10-15(18)12-19-11-13-4-2-1-3-5-13/h1-5,14-15,18H,6-12,16H2. The predicted molar refractivity (Wildman–Crippen MR) is 75.7 cm³/mol. The van der Waals surface area contributed by atoms with Gasteiger partial charge in [-0.15, -0.1) is 0 Å². The number of likely N-dealkylation sites (tertiary alicyclic amines) is 1. The Morgan fingerprint density at radius 1 is 1.37 bits per heavy atom. The van der Waals surface area contributed by atoms with Gasteiger partial charge in [0.1, 0.15) is 0 Å². The Bertz CT molecular complexity index is 358. The molecule has 106 valence electrons. The maximum absolute atomic E-state index is 9.95. The summed E-state index contributed by atoms with van der Waals surface area (Å²) in [7, 11) is 0. The minimum absolute atomic E-state index is 0.388. The van der Waals surface area contributed by atoms with Crippen LogP contribution in [0, 0.1) is 5.92 Å². The van der Waals surface area contributed by atoms with E-state index in [-0.39, 0.29) is 0 Å². The highest BCUT2D eigenvalue weighted by Gasteiger charge is 2.22. The molecule has 0 aliphatic carbocycles. The predicted octanol–water partition coefficient (Wildman–Crippen LogP) is 0.845. The van der Waals surface area contributed by atoms with Gasteiger partial charge in [0.2, 0.25) is 0 Å². The fourth-order valence-electron chi connectivity index (χ4n) is 2.51. The first-order chi connectivity index (χ1) is 9.28. The molecule has 0 bridgehead atoms. The lowest BCUT2D eigenvalue weighted by Gasteiger charge is -2.20. The summed E-state index contributed by atoms with van der Waals surface area (Å²) in [5.74, 6) is 0.595. The van der Waals surface area contributed by atoms with Crippen LogP contribution in [0.4, 0.5) is 0 Å². The number of β-amino-alcohol motifs (C(OH)–C–C–N with tert-alkyl or cyclic N) is 1. The number of nitrogens with two attached hydrogens (primary N) is 1. The molecular weight excluding hydrogens is 240 g/mol. The number of nitrogens with zero attached hydrogens (tertiary/aromatic N) is 1. The van der Waals surface area contributed by atoms with Crippen LogP contribution >= 0.6 is 0 Å². The third-order valence-corrected chi connectivity index (χ3v) is 3.59. The molecule has 1 aromatic carbocycles. The average Bonchev–Trinajstić information content (AvgIpc) is 2.87. The highest BCUT2D eigenvalue weighted by molar-refractivity contribution is 5.13. The molecule has 1 aromatic rings. The Morgan fingerprint density at radius 3 is 2.84 bits per heavy atom. The molecule has 4 heteroatoms. The van der Waals surface area contributed by atoms with Gasteiger partial charge in [-0.3, -0.25) is 0 Å². The number of aliphatic hydroxyl groups is 1. The Kier molecular flexibility index (Phi) is 5.79. The number of hydrogen-bond acceptors (Lipinski definition) is 4. The third-order valence-electron chi connectivity index (χ3n) is 3.59. The zero-order valence-corrected chi connectivity index (χ0v) is 11.4. The first-order valence-electron chi connectivity index (χ1n) is 7.00. The van der Waals surface area contributed by atoms with Crippen LogP contribution in [0.3, 0.4) is 0 Å². The summed E-state index contributed by atoms with van der Waals surface area (Å²) in [6.07, 6.45) is 0.730. The highest BCUT2D eigenvalue weighted by atomic mass is 16.5. The fourth-order valence-corrected chi connectivity index (χ4v) is 2.51. The average molecular weight is 264 g/mol. The molecule has 1 fully saturated rings. The van der Waals surface area contributed by atoms with E-state index in [4.69, 9.17) is 10.5 Å². The first kappa shape index (κ1) is 14.5. The van der Waals surface area contributed by atoms with Gasteiger partial charge in [-0.2, -0.15) is 0 Å². The van der Waals surface area contributed by atoms with Crippen molar-refractivity contribution in [2.45, 2.75) is 19.1 Å². The minimum Gasteiger partial charge on any atom is -0.389 e. The van der Waals surface area contributed by atoms with Gasteiger partial charge in [-0.1, -0.05) is 30.3 Å². The molecule has 0 aromatic heterocycles. The van der Waals surface area contributed by atoms with Crippen molar-refractivity contribution in [2.24, 2.45) is 11.7 Å². The van der Waals surface area contributed by atoms with E-state index in [1.54, 1.807) is 0 Å². The van der Waals surface area contributed by atoms with Crippen molar-refractivity contribution < 1.29 is 9.84 Å². The molecular formula is C15H24N2O2. The number of ether oxygens (including phenoxy) is 1. The summed E-state index contributed by atoms with van der Waals surface area (Å²) in [6, 6.07) is 10.0. The normalized spacial score (nSPS) is 21.7. The van der Waals surface area contributed by atoms with Crippen LogP contribution in [0.25, 0.3) is 0 Å². The number of rotatable bonds is 7. The summed E-state index contributed by atoms with van der Waals surface area (Å²) in [5.41, 5.74) is 6.80. The Balaban J connectivity index is 1.61. The monoisotopic (exact) mass is 264 g/mol. The van der Waals surface area contributed by atoms with Crippen molar-refractivity contribution in [2.75, 3.05) is 32.8 Å². The van der Waals surface area contributed by atoms with Crippen molar-refractivity contribution in [1.82, 2.24) is 4.90 Å². The smallest absolute Gasteiger partial charge is 0.0900 e. The first-order valence-corrected chi connectivity index (χ1v) is 7.00. The third kappa shape index (κ3) is 4.91. The molecule has 3 N–H and O–H groups in total. The van der Waals surface area contributed by atoms with Gasteiger partial charge in [0.05, 0.1) is 19.3 Å². The lowest BCUT2D eigenvalue weighted by Crippen LogP contribution is -2.34. The van der Waals surface area contributed by atoms with Crippen molar-refractivity contribution in [3.63, 3.8) is 0 Å². The van der Waals surface area contributed by atoms with Crippen LogP contribution in [-0.4, -0.2) is 48.9 Å². The van der Waals surface area contributed by atoms with Crippen LogP contribution < -0.4 is 5.73 Å². The van der Waals surface area contributed by atoms with Crippen LogP contribution in [0.1, 0.15) is 12.0 Å². The molecule has 0 spiro atoms. The van der Waals surface area contributed by atoms with Crippen molar-refractivity contribution >= 4 is 0 Å². The molecule has 0 radical (unpaired) electrons. The Hall–Kier alpha value is -0.940. The highest BCUT2D eigenvalue weighted by Crippen LogP contribution is 2.14. The van der Waals surface area contributed by atoms with Gasteiger partial charge in [-0.05, 0) is 31.0 Å². The quantitative estimate of drug-likeness (QED) is 0.766. The van der Waals surface area contributed by atoms with E-state index in [2.05, 4.69) is 4.90 Å². The molecule has 19 heavy (non-hydrogen) atoms. The lowest BCUT2D eigenvalue weighted by atomic mass is 10.1. The molecule has 1 heterocycles. The Labute approximate surface area is 115 Å². The largest absolute Gasteiger partial charge is 0.389 e. The number of benzene rings is 1. The maximum atomic E-state index is 9.95. The summed E-state index contributed by atoms with van der Waals surface area (Å²) in [6.45, 7) is 4.42. The van der Waals surface area contributed by atoms with Gasteiger partial charge < -0.3 is 20.5 Å². The second-order valence-corrected chi connectivity index (χ2v) is 5.30. The SMILES string of the molecule is NCC1CCN(CC(O)COCc2ccccc2)C1. The zero-order valence-electron chi connectivity index (χ0n) is 11.4. The maximum Gasteiger partial charge on any atom is 0.0900 e. The van der Waals surface area contributed by atoms with Crippen molar-refractivity contribution in [1.29, 1.82) is 0 Å². The van der Waals surface area contributed by atoms with E-state index < -0.39 is 6.10 Å². The van der Waals surface area contributed by atoms with Crippen LogP contribution in [0.5, 0.6) is 0 Å². The Morgan fingerprint density at radius 2 is 2.16 bits per heavy atom. The lowest BCUT2D eigenvalue weighted by molar-refractivity contribution is 0.0129. The van der Waals surface area contributed by atoms with Gasteiger partial charge in [-0.25, -0.2) is 0 Å². The molecule has 1 saturated heterocycles. The van der Waals surface area contributed by atoms with Gasteiger partial charge >= 0.3 is 0 Å². The van der Waals surface area contributed by atoms with Gasteiger partial charge in [0, 0.05) is 13.1 Å². The van der Waals surface area contributed by atoms with Gasteiger partial charge in [0.25, 0.3) is 0 Å². The molecule has 0 amide bonds. The molecule has 2 unspecified atom stereocenters. The minimum atomic E-state index is -0.416. The van der Waals surface area contributed by atoms with E-state index in [0.717, 1.165) is 31.6 Å². The summed E-state index contributed by atoms with van der Waals surface area (Å²) >= 11 is 0. The fraction of sp³-hybridized carbons (Fsp3) is 0.600. The molecule has 4 nitrogen and oxygen atoms in total. The number of hydrogen-bond donors (Lipinski definition) is 2.